The number of benzene rings is 2. The Morgan fingerprint density at radius 3 is 2.57 bits per heavy atom. The first kappa shape index (κ1) is 20.8. The smallest absolute Gasteiger partial charge is 0.235 e. The maximum Gasteiger partial charge on any atom is 0.235 e. The van der Waals surface area contributed by atoms with E-state index in [1.54, 1.807) is 24.1 Å². The Hall–Kier alpha value is -2.42. The first-order valence-electron chi connectivity index (χ1n) is 9.60. The highest BCUT2D eigenvalue weighted by Gasteiger charge is 2.35. The first-order chi connectivity index (χ1) is 14.4. The van der Waals surface area contributed by atoms with Gasteiger partial charge in [-0.15, -0.1) is 0 Å². The number of thiazole rings is 1. The average molecular weight is 443 g/mol. The Balaban J connectivity index is 1.40. The van der Waals surface area contributed by atoms with Crippen LogP contribution in [0.15, 0.2) is 46.7 Å². The van der Waals surface area contributed by atoms with Gasteiger partial charge in [0.2, 0.25) is 5.91 Å². The molecule has 1 saturated heterocycles. The quantitative estimate of drug-likeness (QED) is 0.584. The minimum absolute atomic E-state index is 0.0571. The number of nitrogens with two attached hydrogens (primary N) is 1. The van der Waals surface area contributed by atoms with Crippen molar-refractivity contribution in [1.82, 2.24) is 4.98 Å². The van der Waals surface area contributed by atoms with Gasteiger partial charge in [-0.2, -0.15) is 0 Å². The zero-order valence-corrected chi connectivity index (χ0v) is 18.7. The van der Waals surface area contributed by atoms with Gasteiger partial charge in [-0.1, -0.05) is 29.5 Å². The molecule has 8 heteroatoms. The lowest BCUT2D eigenvalue weighted by Crippen LogP contribution is -2.54. The third-order valence-electron chi connectivity index (χ3n) is 5.44. The number of aromatic nitrogens is 1. The molecular weight excluding hydrogens is 419 g/mol. The topological polar surface area (TPSA) is 62.5 Å². The molecule has 1 amide bonds. The summed E-state index contributed by atoms with van der Waals surface area (Å²) in [6, 6.07) is 12.9. The fraction of sp³-hybridized carbons (Fsp3) is 0.273. The van der Waals surface area contributed by atoms with E-state index in [-0.39, 0.29) is 17.6 Å². The Morgan fingerprint density at radius 1 is 1.23 bits per heavy atom. The van der Waals surface area contributed by atoms with Crippen molar-refractivity contribution in [1.29, 1.82) is 0 Å². The van der Waals surface area contributed by atoms with E-state index in [0.29, 0.717) is 18.2 Å². The number of anilines is 2. The number of carbonyl (C=O) groups excluding carboxylic acids is 1. The summed E-state index contributed by atoms with van der Waals surface area (Å²) in [6.07, 6.45) is 0. The number of hydrogen-bond donors (Lipinski definition) is 1. The molecule has 4 rings (SSSR count). The molecule has 0 atom stereocenters. The molecule has 0 spiro atoms. The molecule has 0 aliphatic carbocycles. The summed E-state index contributed by atoms with van der Waals surface area (Å²) in [5.41, 5.74) is 4.83. The van der Waals surface area contributed by atoms with Gasteiger partial charge in [-0.25, -0.2) is 9.37 Å². The Morgan fingerprint density at radius 2 is 1.93 bits per heavy atom. The number of nitrogens with zero attached hydrogens (tertiary/aromatic N) is 3. The SMILES string of the molecule is Cc1ccc(F)cc1-c1ccc(N2CC(C(=O)N(C)c3nc(C)c(SN)s3)C2)cc1. The maximum absolute atomic E-state index is 13.6. The van der Waals surface area contributed by atoms with Crippen molar-refractivity contribution in [3.8, 4) is 11.1 Å². The molecule has 0 unspecified atom stereocenters. The Labute approximate surface area is 183 Å². The van der Waals surface area contributed by atoms with Crippen molar-refractivity contribution < 1.29 is 9.18 Å². The van der Waals surface area contributed by atoms with Gasteiger partial charge < -0.3 is 4.90 Å². The molecule has 1 aliphatic rings. The average Bonchev–Trinajstić information content (AvgIpc) is 3.09. The van der Waals surface area contributed by atoms with Gasteiger partial charge in [0.25, 0.3) is 0 Å². The summed E-state index contributed by atoms with van der Waals surface area (Å²) in [5.74, 6) is -0.223. The van der Waals surface area contributed by atoms with Crippen LogP contribution in [-0.4, -0.2) is 31.0 Å². The second-order valence-electron chi connectivity index (χ2n) is 7.49. The molecule has 2 aromatic carbocycles. The highest BCUT2D eigenvalue weighted by molar-refractivity contribution is 7.99. The second kappa shape index (κ2) is 8.37. The minimum atomic E-state index is -0.236. The molecule has 1 aromatic heterocycles. The summed E-state index contributed by atoms with van der Waals surface area (Å²) >= 11 is 2.60. The lowest BCUT2D eigenvalue weighted by Gasteiger charge is -2.41. The van der Waals surface area contributed by atoms with Crippen LogP contribution in [0.3, 0.4) is 0 Å². The van der Waals surface area contributed by atoms with Crippen LogP contribution >= 0.6 is 23.3 Å². The molecular formula is C22H23FN4OS2. The molecule has 0 bridgehead atoms. The van der Waals surface area contributed by atoms with Crippen molar-refractivity contribution in [2.24, 2.45) is 11.1 Å². The van der Waals surface area contributed by atoms with E-state index in [1.807, 2.05) is 38.1 Å². The normalized spacial score (nSPS) is 14.0. The van der Waals surface area contributed by atoms with E-state index in [0.717, 1.165) is 44.2 Å². The van der Waals surface area contributed by atoms with Crippen LogP contribution in [0.1, 0.15) is 11.3 Å². The maximum atomic E-state index is 13.6. The van der Waals surface area contributed by atoms with Crippen LogP contribution in [0.5, 0.6) is 0 Å². The van der Waals surface area contributed by atoms with Crippen molar-refractivity contribution in [3.05, 3.63) is 59.5 Å². The molecule has 2 N–H and O–H groups in total. The van der Waals surface area contributed by atoms with Gasteiger partial charge in [0, 0.05) is 25.8 Å². The fourth-order valence-electron chi connectivity index (χ4n) is 3.59. The van der Waals surface area contributed by atoms with Gasteiger partial charge in [-0.3, -0.25) is 14.8 Å². The van der Waals surface area contributed by atoms with Gasteiger partial charge in [0.1, 0.15) is 5.82 Å². The standard InChI is InChI=1S/C22H23FN4OS2/c1-13-4-7-17(23)10-19(13)15-5-8-18(9-6-15)27-11-16(12-27)20(28)26(3)22-25-14(2)21(29-22)30-24/h4-10,16H,11-12,24H2,1-3H3. The number of hydrogen-bond acceptors (Lipinski definition) is 6. The largest absolute Gasteiger partial charge is 0.370 e. The minimum Gasteiger partial charge on any atom is -0.370 e. The zero-order chi connectivity index (χ0) is 21.4. The van der Waals surface area contributed by atoms with E-state index in [2.05, 4.69) is 9.88 Å². The van der Waals surface area contributed by atoms with Crippen molar-refractivity contribution in [2.75, 3.05) is 29.9 Å². The molecule has 0 radical (unpaired) electrons. The number of aryl methyl sites for hydroxylation is 2. The van der Waals surface area contributed by atoms with Gasteiger partial charge in [-0.05, 0) is 66.8 Å². The Bertz CT molecular complexity index is 1080. The van der Waals surface area contributed by atoms with Gasteiger partial charge in [0.15, 0.2) is 5.13 Å². The third kappa shape index (κ3) is 3.95. The predicted octanol–water partition coefficient (Wildman–Crippen LogP) is 4.63. The fourth-order valence-corrected chi connectivity index (χ4v) is 4.99. The predicted molar refractivity (Wildman–Crippen MR) is 123 cm³/mol. The van der Waals surface area contributed by atoms with Crippen molar-refractivity contribution >= 4 is 40.0 Å². The molecule has 0 saturated carbocycles. The number of amides is 1. The van der Waals surface area contributed by atoms with Gasteiger partial charge >= 0.3 is 0 Å². The molecule has 156 valence electrons. The van der Waals surface area contributed by atoms with E-state index in [1.165, 1.54) is 17.4 Å². The Kier molecular flexibility index (Phi) is 5.81. The van der Waals surface area contributed by atoms with Crippen molar-refractivity contribution in [3.63, 3.8) is 0 Å². The van der Waals surface area contributed by atoms with E-state index in [4.69, 9.17) is 5.14 Å². The summed E-state index contributed by atoms with van der Waals surface area (Å²) in [6.45, 7) is 5.21. The highest BCUT2D eigenvalue weighted by atomic mass is 32.2. The number of carbonyl (C=O) groups is 1. The first-order valence-corrected chi connectivity index (χ1v) is 11.3. The van der Waals surface area contributed by atoms with Gasteiger partial charge in [0.05, 0.1) is 15.8 Å². The van der Waals surface area contributed by atoms with E-state index >= 15 is 0 Å². The number of rotatable bonds is 5. The summed E-state index contributed by atoms with van der Waals surface area (Å²) in [7, 11) is 1.77. The third-order valence-corrected chi connectivity index (χ3v) is 7.52. The van der Waals surface area contributed by atoms with Crippen LogP contribution in [0.2, 0.25) is 0 Å². The molecule has 1 aliphatic heterocycles. The molecule has 3 aromatic rings. The zero-order valence-electron chi connectivity index (χ0n) is 17.1. The van der Waals surface area contributed by atoms with Crippen LogP contribution in [0.25, 0.3) is 11.1 Å². The van der Waals surface area contributed by atoms with Crippen LogP contribution < -0.4 is 14.9 Å². The van der Waals surface area contributed by atoms with Crippen LogP contribution in [0, 0.1) is 25.6 Å². The molecule has 1 fully saturated rings. The summed E-state index contributed by atoms with van der Waals surface area (Å²) in [4.78, 5) is 21.1. The summed E-state index contributed by atoms with van der Waals surface area (Å²) in [5, 5.41) is 6.32. The molecule has 2 heterocycles. The lowest BCUT2D eigenvalue weighted by atomic mass is 9.96. The second-order valence-corrected chi connectivity index (χ2v) is 9.37. The summed E-state index contributed by atoms with van der Waals surface area (Å²) < 4.78 is 14.5. The highest BCUT2D eigenvalue weighted by Crippen LogP contribution is 2.34. The van der Waals surface area contributed by atoms with E-state index < -0.39 is 0 Å². The molecule has 30 heavy (non-hydrogen) atoms. The van der Waals surface area contributed by atoms with Crippen molar-refractivity contribution in [2.45, 2.75) is 18.1 Å². The van der Waals surface area contributed by atoms with E-state index in [9.17, 15) is 9.18 Å². The monoisotopic (exact) mass is 442 g/mol. The lowest BCUT2D eigenvalue weighted by molar-refractivity contribution is -0.122. The molecule has 5 nitrogen and oxygen atoms in total. The number of halogens is 1. The van der Waals surface area contributed by atoms with Crippen LogP contribution in [0.4, 0.5) is 15.2 Å². The van der Waals surface area contributed by atoms with Crippen LogP contribution in [-0.2, 0) is 4.79 Å².